The van der Waals surface area contributed by atoms with E-state index in [0.29, 0.717) is 25.2 Å². The average Bonchev–Trinajstić information content (AvgIpc) is 2.88. The van der Waals surface area contributed by atoms with Crippen LogP contribution < -0.4 is 10.6 Å². The number of nitrogens with zero attached hydrogens (tertiary/aromatic N) is 1. The molecule has 0 radical (unpaired) electrons. The molecular weight excluding hydrogens is 288 g/mol. The smallest absolute Gasteiger partial charge is 0.285 e. The lowest BCUT2D eigenvalue weighted by Gasteiger charge is -2.18. The number of hydrogen-bond donors (Lipinski definition) is 2. The van der Waals surface area contributed by atoms with Crippen molar-refractivity contribution in [3.05, 3.63) is 39.4 Å². The molecule has 1 fully saturated rings. The van der Waals surface area contributed by atoms with Gasteiger partial charge in [0.2, 0.25) is 0 Å². The van der Waals surface area contributed by atoms with Crippen LogP contribution in [0.3, 0.4) is 0 Å². The minimum absolute atomic E-state index is 0.293. The van der Waals surface area contributed by atoms with E-state index in [1.807, 2.05) is 0 Å². The summed E-state index contributed by atoms with van der Waals surface area (Å²) < 4.78 is 31.4. The number of methoxy groups -OCH3 is 1. The van der Waals surface area contributed by atoms with Gasteiger partial charge in [0.05, 0.1) is 23.1 Å². The largest absolute Gasteiger partial charge is 0.378 e. The number of benzene rings is 1. The summed E-state index contributed by atoms with van der Waals surface area (Å²) in [6.45, 7) is 0.934. The summed E-state index contributed by atoms with van der Waals surface area (Å²) >= 11 is 0. The molecule has 0 aromatic heterocycles. The second kappa shape index (κ2) is 6.10. The summed E-state index contributed by atoms with van der Waals surface area (Å²) in [6.07, 6.45) is -0.293. The van der Waals surface area contributed by atoms with Crippen LogP contribution in [0.15, 0.2) is 12.1 Å². The van der Waals surface area contributed by atoms with Crippen LogP contribution in [0.2, 0.25) is 0 Å². The van der Waals surface area contributed by atoms with E-state index in [4.69, 9.17) is 4.74 Å². The van der Waals surface area contributed by atoms with Crippen LogP contribution in [-0.4, -0.2) is 43.2 Å². The maximum Gasteiger partial charge on any atom is 0.285 e. The van der Waals surface area contributed by atoms with Crippen LogP contribution in [0.4, 0.5) is 14.5 Å². The zero-order valence-corrected chi connectivity index (χ0v) is 11.1. The number of nitro benzene ring substituents is 1. The van der Waals surface area contributed by atoms with Crippen LogP contribution in [0.1, 0.15) is 10.4 Å². The third-order valence-electron chi connectivity index (χ3n) is 3.26. The molecule has 2 rings (SSSR count). The molecule has 1 aliphatic rings. The minimum atomic E-state index is -1.38. The van der Waals surface area contributed by atoms with Gasteiger partial charge < -0.3 is 15.4 Å². The number of carbonyl (C=O) groups is 1. The van der Waals surface area contributed by atoms with Crippen LogP contribution in [0.25, 0.3) is 0 Å². The van der Waals surface area contributed by atoms with Crippen molar-refractivity contribution in [2.24, 2.45) is 0 Å². The third kappa shape index (κ3) is 3.14. The normalized spacial score (nSPS) is 21.3. The number of nitrogens with one attached hydrogen (secondary N) is 2. The van der Waals surface area contributed by atoms with Crippen molar-refractivity contribution in [2.45, 2.75) is 12.1 Å². The van der Waals surface area contributed by atoms with E-state index < -0.39 is 39.8 Å². The molecule has 1 aromatic carbocycles. The fourth-order valence-electron chi connectivity index (χ4n) is 2.16. The van der Waals surface area contributed by atoms with Crippen molar-refractivity contribution in [3.63, 3.8) is 0 Å². The summed E-state index contributed by atoms with van der Waals surface area (Å²) in [7, 11) is 1.47. The first kappa shape index (κ1) is 15.3. The Hall–Kier alpha value is -2.13. The zero-order chi connectivity index (χ0) is 15.6. The summed E-state index contributed by atoms with van der Waals surface area (Å²) in [4.78, 5) is 22.0. The molecule has 2 N–H and O–H groups in total. The van der Waals surface area contributed by atoms with E-state index in [2.05, 4.69) is 10.6 Å². The average molecular weight is 301 g/mol. The molecule has 0 spiro atoms. The van der Waals surface area contributed by atoms with Gasteiger partial charge in [-0.3, -0.25) is 14.9 Å². The summed E-state index contributed by atoms with van der Waals surface area (Å²) in [6, 6.07) is 0.507. The highest BCUT2D eigenvalue weighted by Crippen LogP contribution is 2.22. The molecule has 1 aromatic rings. The van der Waals surface area contributed by atoms with E-state index >= 15 is 0 Å². The number of carbonyl (C=O) groups excluding carboxylic acids is 1. The Balaban J connectivity index is 2.26. The topological polar surface area (TPSA) is 93.5 Å². The number of nitro groups is 1. The SMILES string of the molecule is CO[C@H]1CNCC1NC(=O)c1cc(F)c(F)cc1[N+](=O)[O-]. The first-order valence-electron chi connectivity index (χ1n) is 6.12. The summed E-state index contributed by atoms with van der Waals surface area (Å²) in [5.41, 5.74) is -1.31. The number of hydrogen-bond acceptors (Lipinski definition) is 5. The highest BCUT2D eigenvalue weighted by Gasteiger charge is 2.31. The number of ether oxygens (including phenoxy) is 1. The van der Waals surface area contributed by atoms with Crippen LogP contribution >= 0.6 is 0 Å². The highest BCUT2D eigenvalue weighted by molar-refractivity contribution is 5.98. The Bertz CT molecular complexity index is 582. The molecule has 1 amide bonds. The Labute approximate surface area is 118 Å². The molecule has 1 heterocycles. The van der Waals surface area contributed by atoms with Crippen molar-refractivity contribution < 1.29 is 23.2 Å². The van der Waals surface area contributed by atoms with Crippen molar-refractivity contribution in [1.29, 1.82) is 0 Å². The van der Waals surface area contributed by atoms with Gasteiger partial charge >= 0.3 is 0 Å². The maximum absolute atomic E-state index is 13.2. The van der Waals surface area contributed by atoms with E-state index in [0.717, 1.165) is 0 Å². The van der Waals surface area contributed by atoms with Crippen molar-refractivity contribution in [1.82, 2.24) is 10.6 Å². The molecule has 114 valence electrons. The predicted octanol–water partition coefficient (Wildman–Crippen LogP) is 0.590. The number of halogens is 2. The van der Waals surface area contributed by atoms with E-state index in [1.165, 1.54) is 7.11 Å². The Morgan fingerprint density at radius 2 is 2.10 bits per heavy atom. The van der Waals surface area contributed by atoms with Gasteiger partial charge in [-0.25, -0.2) is 8.78 Å². The monoisotopic (exact) mass is 301 g/mol. The maximum atomic E-state index is 13.2. The molecular formula is C12H13F2N3O4. The van der Waals surface area contributed by atoms with Crippen molar-refractivity contribution in [2.75, 3.05) is 20.2 Å². The van der Waals surface area contributed by atoms with Gasteiger partial charge in [-0.1, -0.05) is 0 Å². The number of rotatable bonds is 4. The van der Waals surface area contributed by atoms with Crippen molar-refractivity contribution in [3.8, 4) is 0 Å². The summed E-state index contributed by atoms with van der Waals surface area (Å²) in [5.74, 6) is -3.55. The molecule has 7 nitrogen and oxygen atoms in total. The standard InChI is InChI=1S/C12H13F2N3O4/c1-21-11-5-15-4-9(11)16-12(18)6-2-7(13)8(14)3-10(6)17(19)20/h2-3,9,11,15H,4-5H2,1H3,(H,16,18)/t9?,11-/m0/s1. The zero-order valence-electron chi connectivity index (χ0n) is 11.1. The van der Waals surface area contributed by atoms with Gasteiger partial charge in [0.25, 0.3) is 11.6 Å². The molecule has 9 heteroatoms. The molecule has 1 unspecified atom stereocenters. The quantitative estimate of drug-likeness (QED) is 0.627. The molecule has 1 aliphatic heterocycles. The molecule has 0 saturated carbocycles. The van der Waals surface area contributed by atoms with Gasteiger partial charge in [-0.2, -0.15) is 0 Å². The fraction of sp³-hybridized carbons (Fsp3) is 0.417. The van der Waals surface area contributed by atoms with E-state index in [-0.39, 0.29) is 6.10 Å². The lowest BCUT2D eigenvalue weighted by molar-refractivity contribution is -0.385. The first-order chi connectivity index (χ1) is 9.93. The molecule has 0 aliphatic carbocycles. The van der Waals surface area contributed by atoms with E-state index in [1.54, 1.807) is 0 Å². The Morgan fingerprint density at radius 3 is 2.71 bits per heavy atom. The van der Waals surface area contributed by atoms with Crippen molar-refractivity contribution >= 4 is 11.6 Å². The highest BCUT2D eigenvalue weighted by atomic mass is 19.2. The van der Waals surface area contributed by atoms with Gasteiger partial charge in [-0.15, -0.1) is 0 Å². The van der Waals surface area contributed by atoms with E-state index in [9.17, 15) is 23.7 Å². The van der Waals surface area contributed by atoms with Gasteiger partial charge in [0.15, 0.2) is 11.6 Å². The Morgan fingerprint density at radius 1 is 1.43 bits per heavy atom. The van der Waals surface area contributed by atoms with Crippen LogP contribution in [0, 0.1) is 21.7 Å². The molecule has 0 bridgehead atoms. The van der Waals surface area contributed by atoms with Gasteiger partial charge in [0.1, 0.15) is 5.56 Å². The second-order valence-electron chi connectivity index (χ2n) is 4.55. The lowest BCUT2D eigenvalue weighted by atomic mass is 10.1. The lowest BCUT2D eigenvalue weighted by Crippen LogP contribution is -2.43. The van der Waals surface area contributed by atoms with Crippen LogP contribution in [0.5, 0.6) is 0 Å². The summed E-state index contributed by atoms with van der Waals surface area (Å²) in [5, 5.41) is 16.3. The second-order valence-corrected chi connectivity index (χ2v) is 4.55. The fourth-order valence-corrected chi connectivity index (χ4v) is 2.16. The predicted molar refractivity (Wildman–Crippen MR) is 67.9 cm³/mol. The van der Waals surface area contributed by atoms with Crippen LogP contribution in [-0.2, 0) is 4.74 Å². The molecule has 21 heavy (non-hydrogen) atoms. The Kier molecular flexibility index (Phi) is 4.43. The number of amides is 1. The minimum Gasteiger partial charge on any atom is -0.378 e. The molecule has 1 saturated heterocycles. The van der Waals surface area contributed by atoms with Gasteiger partial charge in [0, 0.05) is 20.2 Å². The third-order valence-corrected chi connectivity index (χ3v) is 3.26. The van der Waals surface area contributed by atoms with Gasteiger partial charge in [-0.05, 0) is 6.07 Å². The first-order valence-corrected chi connectivity index (χ1v) is 6.12. The molecule has 2 atom stereocenters.